The van der Waals surface area contributed by atoms with Crippen LogP contribution in [0.15, 0.2) is 0 Å². The average Bonchev–Trinajstić information content (AvgIpc) is 2.18. The minimum Gasteiger partial charge on any atom is -0.347 e. The molecule has 0 spiro atoms. The van der Waals surface area contributed by atoms with Crippen LogP contribution in [0.1, 0.15) is 6.42 Å². The largest absolute Gasteiger partial charge is 0.764 e. The smallest absolute Gasteiger partial charge is 0.347 e. The van der Waals surface area contributed by atoms with Gasteiger partial charge in [0.1, 0.15) is 0 Å². The SMILES string of the molecule is COO[Si](OCCC(N)N)(OOC)OOC. The van der Waals surface area contributed by atoms with Crippen molar-refractivity contribution in [3.8, 4) is 0 Å². The van der Waals surface area contributed by atoms with Crippen LogP contribution in [0.25, 0.3) is 0 Å². The summed E-state index contributed by atoms with van der Waals surface area (Å²) in [6.07, 6.45) is -0.138. The Morgan fingerprint density at radius 2 is 1.38 bits per heavy atom. The highest BCUT2D eigenvalue weighted by Crippen LogP contribution is 2.12. The minimum atomic E-state index is -3.64. The summed E-state index contributed by atoms with van der Waals surface area (Å²) in [5.41, 5.74) is 10.7. The standard InChI is InChI=1S/C6H18N2O7Si/c1-9-13-16(14-10-2,15-11-3)12-5-4-6(7)8/h6H,4-5,7-8H2,1-3H3. The summed E-state index contributed by atoms with van der Waals surface area (Å²) in [6.45, 7) is 0.139. The quantitative estimate of drug-likeness (QED) is 0.216. The van der Waals surface area contributed by atoms with Crippen molar-refractivity contribution in [2.45, 2.75) is 12.6 Å². The zero-order valence-corrected chi connectivity index (χ0v) is 10.5. The van der Waals surface area contributed by atoms with Crippen LogP contribution < -0.4 is 11.5 Å². The van der Waals surface area contributed by atoms with Gasteiger partial charge in [0.25, 0.3) is 0 Å². The Morgan fingerprint density at radius 3 is 1.69 bits per heavy atom. The topological polar surface area (TPSA) is 117 Å². The van der Waals surface area contributed by atoms with Gasteiger partial charge in [-0.2, -0.15) is 13.7 Å². The van der Waals surface area contributed by atoms with Gasteiger partial charge in [0.15, 0.2) is 0 Å². The molecule has 0 aromatic carbocycles. The molecule has 0 saturated carbocycles. The van der Waals surface area contributed by atoms with Crippen molar-refractivity contribution in [1.29, 1.82) is 0 Å². The molecule has 0 atom stereocenters. The molecule has 0 rings (SSSR count). The Morgan fingerprint density at radius 1 is 0.938 bits per heavy atom. The summed E-state index contributed by atoms with van der Waals surface area (Å²) >= 11 is 0. The van der Waals surface area contributed by atoms with Gasteiger partial charge in [-0.1, -0.05) is 0 Å². The van der Waals surface area contributed by atoms with E-state index in [1.807, 2.05) is 0 Å². The molecule has 0 aliphatic rings. The third-order valence-corrected chi connectivity index (χ3v) is 2.96. The summed E-state index contributed by atoms with van der Waals surface area (Å²) in [5, 5.41) is 0. The fourth-order valence-electron chi connectivity index (χ4n) is 0.740. The van der Waals surface area contributed by atoms with Gasteiger partial charge in [0.05, 0.1) is 27.5 Å². The van der Waals surface area contributed by atoms with Crippen molar-refractivity contribution >= 4 is 9.05 Å². The molecule has 0 saturated heterocycles. The van der Waals surface area contributed by atoms with Gasteiger partial charge in [-0.15, -0.1) is 0 Å². The molecule has 0 aromatic heterocycles. The summed E-state index contributed by atoms with van der Waals surface area (Å²) in [4.78, 5) is 13.3. The molecule has 0 bridgehead atoms. The molecular weight excluding hydrogens is 240 g/mol. The molecule has 0 unspecified atom stereocenters. The van der Waals surface area contributed by atoms with E-state index in [4.69, 9.17) is 29.6 Å². The summed E-state index contributed by atoms with van der Waals surface area (Å²) < 4.78 is 19.4. The van der Waals surface area contributed by atoms with Crippen molar-refractivity contribution in [3.05, 3.63) is 0 Å². The summed E-state index contributed by atoms with van der Waals surface area (Å²) in [7, 11) is 0.145. The summed E-state index contributed by atoms with van der Waals surface area (Å²) in [5.74, 6) is 0. The molecule has 16 heavy (non-hydrogen) atoms. The monoisotopic (exact) mass is 258 g/mol. The van der Waals surface area contributed by atoms with E-state index in [9.17, 15) is 0 Å². The lowest BCUT2D eigenvalue weighted by Crippen LogP contribution is -2.49. The lowest BCUT2D eigenvalue weighted by Gasteiger charge is -2.22. The molecule has 0 heterocycles. The van der Waals surface area contributed by atoms with Crippen LogP contribution in [0.3, 0.4) is 0 Å². The molecule has 0 aliphatic carbocycles. The second-order valence-electron chi connectivity index (χ2n) is 2.55. The number of hydrogen-bond donors (Lipinski definition) is 2. The number of nitrogens with two attached hydrogens (primary N) is 2. The maximum Gasteiger partial charge on any atom is 0.764 e. The van der Waals surface area contributed by atoms with Gasteiger partial charge in [-0.25, -0.2) is 14.7 Å². The molecule has 0 radical (unpaired) electrons. The second kappa shape index (κ2) is 8.95. The molecular formula is C6H18N2O7Si. The van der Waals surface area contributed by atoms with E-state index >= 15 is 0 Å². The zero-order valence-electron chi connectivity index (χ0n) is 9.50. The van der Waals surface area contributed by atoms with Gasteiger partial charge in [-0.05, 0) is 6.42 Å². The van der Waals surface area contributed by atoms with Gasteiger partial charge in [-0.3, -0.25) is 0 Å². The van der Waals surface area contributed by atoms with Crippen LogP contribution in [0, 0.1) is 0 Å². The first-order valence-corrected chi connectivity index (χ1v) is 6.04. The predicted octanol–water partition coefficient (Wildman–Crippen LogP) is -1.19. The fraction of sp³-hybridized carbons (Fsp3) is 1.00. The first-order valence-electron chi connectivity index (χ1n) is 4.40. The Balaban J connectivity index is 4.23. The molecule has 0 aromatic rings. The summed E-state index contributed by atoms with van der Waals surface area (Å²) in [6, 6.07) is 0. The first kappa shape index (κ1) is 15.9. The van der Waals surface area contributed by atoms with Gasteiger partial charge in [0.2, 0.25) is 0 Å². The number of rotatable bonds is 10. The van der Waals surface area contributed by atoms with E-state index in [0.29, 0.717) is 6.42 Å². The Labute approximate surface area is 94.7 Å². The van der Waals surface area contributed by atoms with Crippen molar-refractivity contribution in [2.24, 2.45) is 11.5 Å². The van der Waals surface area contributed by atoms with Crippen LogP contribution in [0.4, 0.5) is 0 Å². The normalized spacial score (nSPS) is 12.4. The molecule has 98 valence electrons. The van der Waals surface area contributed by atoms with Crippen LogP contribution in [0.2, 0.25) is 0 Å². The first-order chi connectivity index (χ1) is 7.60. The highest BCUT2D eigenvalue weighted by atomic mass is 28.4. The molecule has 9 nitrogen and oxygen atoms in total. The number of hydrogen-bond acceptors (Lipinski definition) is 9. The Kier molecular flexibility index (Phi) is 8.87. The van der Waals surface area contributed by atoms with Crippen molar-refractivity contribution in [2.75, 3.05) is 27.9 Å². The average molecular weight is 258 g/mol. The molecule has 0 aliphatic heterocycles. The van der Waals surface area contributed by atoms with E-state index in [-0.39, 0.29) is 6.61 Å². The van der Waals surface area contributed by atoms with E-state index in [0.717, 1.165) is 0 Å². The molecule has 4 N–H and O–H groups in total. The zero-order chi connectivity index (χ0) is 12.4. The van der Waals surface area contributed by atoms with Crippen molar-refractivity contribution < 1.29 is 32.8 Å². The maximum absolute atomic E-state index is 5.34. The maximum atomic E-state index is 5.34. The van der Waals surface area contributed by atoms with Gasteiger partial charge < -0.3 is 15.9 Å². The van der Waals surface area contributed by atoms with E-state index in [2.05, 4.69) is 14.7 Å². The molecule has 0 fully saturated rings. The lowest BCUT2D eigenvalue weighted by atomic mass is 10.4. The van der Waals surface area contributed by atoms with Gasteiger partial charge >= 0.3 is 9.05 Å². The molecule has 0 amide bonds. The highest BCUT2D eigenvalue weighted by molar-refractivity contribution is 6.52. The van der Waals surface area contributed by atoms with Crippen LogP contribution in [0.5, 0.6) is 0 Å². The van der Waals surface area contributed by atoms with Crippen LogP contribution >= 0.6 is 0 Å². The Hall–Kier alpha value is -0.143. The van der Waals surface area contributed by atoms with E-state index in [1.165, 1.54) is 21.3 Å². The van der Waals surface area contributed by atoms with Gasteiger partial charge in [0, 0.05) is 6.61 Å². The third-order valence-electron chi connectivity index (χ3n) is 1.29. The van der Waals surface area contributed by atoms with Crippen molar-refractivity contribution in [1.82, 2.24) is 0 Å². The van der Waals surface area contributed by atoms with E-state index in [1.54, 1.807) is 0 Å². The fourth-order valence-corrected chi connectivity index (χ4v) is 1.95. The predicted molar refractivity (Wildman–Crippen MR) is 52.8 cm³/mol. The lowest BCUT2D eigenvalue weighted by molar-refractivity contribution is -0.370. The van der Waals surface area contributed by atoms with Crippen LogP contribution in [-0.2, 0) is 32.8 Å². The second-order valence-corrected chi connectivity index (χ2v) is 4.34. The van der Waals surface area contributed by atoms with Crippen LogP contribution in [-0.4, -0.2) is 43.2 Å². The van der Waals surface area contributed by atoms with E-state index < -0.39 is 15.2 Å². The van der Waals surface area contributed by atoms with Crippen molar-refractivity contribution in [3.63, 3.8) is 0 Å². The highest BCUT2D eigenvalue weighted by Gasteiger charge is 2.51. The Bertz CT molecular complexity index is 156. The third kappa shape index (κ3) is 6.44. The minimum absolute atomic E-state index is 0.139. The molecule has 10 heteroatoms.